The van der Waals surface area contributed by atoms with Crippen molar-refractivity contribution in [2.75, 3.05) is 31.1 Å². The lowest BCUT2D eigenvalue weighted by Gasteiger charge is -2.18. The average Bonchev–Trinajstić information content (AvgIpc) is 3.31. The SMILES string of the molecule is CCOc1ccc(N2CCN(CC(=O)NCc3nc4ccccc4[nH]3)C2=O)cc1. The monoisotopic (exact) mass is 393 g/mol. The van der Waals surface area contributed by atoms with Crippen molar-refractivity contribution >= 4 is 28.7 Å². The summed E-state index contributed by atoms with van der Waals surface area (Å²) in [6.45, 7) is 3.88. The van der Waals surface area contributed by atoms with Crippen molar-refractivity contribution in [3.8, 4) is 5.75 Å². The van der Waals surface area contributed by atoms with Gasteiger partial charge in [-0.1, -0.05) is 12.1 Å². The number of rotatable bonds is 7. The van der Waals surface area contributed by atoms with Crippen LogP contribution in [0.3, 0.4) is 0 Å². The van der Waals surface area contributed by atoms with Crippen molar-refractivity contribution < 1.29 is 14.3 Å². The molecule has 0 atom stereocenters. The number of hydrogen-bond acceptors (Lipinski definition) is 4. The normalized spacial score (nSPS) is 13.9. The van der Waals surface area contributed by atoms with Crippen LogP contribution in [-0.4, -0.2) is 53.0 Å². The molecule has 1 saturated heterocycles. The molecule has 3 aromatic rings. The lowest BCUT2D eigenvalue weighted by atomic mass is 10.3. The number of urea groups is 1. The number of ether oxygens (including phenoxy) is 1. The molecule has 4 rings (SSSR count). The fraction of sp³-hybridized carbons (Fsp3) is 0.286. The van der Waals surface area contributed by atoms with Crippen LogP contribution in [0.15, 0.2) is 48.5 Å². The van der Waals surface area contributed by atoms with Gasteiger partial charge in [-0.05, 0) is 43.3 Å². The third-order valence-electron chi connectivity index (χ3n) is 4.78. The number of nitrogens with one attached hydrogen (secondary N) is 2. The second kappa shape index (κ2) is 8.22. The van der Waals surface area contributed by atoms with Crippen LogP contribution < -0.4 is 15.0 Å². The maximum atomic E-state index is 12.7. The molecule has 1 aliphatic rings. The molecule has 0 radical (unpaired) electrons. The van der Waals surface area contributed by atoms with E-state index in [4.69, 9.17) is 4.74 Å². The standard InChI is InChI=1S/C21H23N5O3/c1-2-29-16-9-7-15(8-10-16)26-12-11-25(21(26)28)14-20(27)22-13-19-23-17-5-3-4-6-18(17)24-19/h3-10H,2,11-14H2,1H3,(H,22,27)(H,23,24). The molecule has 2 aromatic carbocycles. The average molecular weight is 393 g/mol. The lowest BCUT2D eigenvalue weighted by Crippen LogP contribution is -2.39. The summed E-state index contributed by atoms with van der Waals surface area (Å²) in [6.07, 6.45) is 0. The summed E-state index contributed by atoms with van der Waals surface area (Å²) in [7, 11) is 0. The van der Waals surface area contributed by atoms with Gasteiger partial charge in [0.25, 0.3) is 0 Å². The fourth-order valence-electron chi connectivity index (χ4n) is 3.36. The largest absolute Gasteiger partial charge is 0.494 e. The third-order valence-corrected chi connectivity index (χ3v) is 4.78. The van der Waals surface area contributed by atoms with Crippen molar-refractivity contribution in [3.05, 3.63) is 54.4 Å². The van der Waals surface area contributed by atoms with Crippen LogP contribution in [0.2, 0.25) is 0 Å². The molecule has 1 fully saturated rings. The van der Waals surface area contributed by atoms with Gasteiger partial charge in [0.05, 0.1) is 24.2 Å². The van der Waals surface area contributed by atoms with Gasteiger partial charge in [-0.15, -0.1) is 0 Å². The minimum absolute atomic E-state index is 0.0204. The smallest absolute Gasteiger partial charge is 0.325 e. The molecule has 0 bridgehead atoms. The number of para-hydroxylation sites is 2. The van der Waals surface area contributed by atoms with E-state index < -0.39 is 0 Å². The van der Waals surface area contributed by atoms with Gasteiger partial charge in [0.1, 0.15) is 18.1 Å². The zero-order valence-corrected chi connectivity index (χ0v) is 16.2. The van der Waals surface area contributed by atoms with E-state index in [9.17, 15) is 9.59 Å². The summed E-state index contributed by atoms with van der Waals surface area (Å²) >= 11 is 0. The van der Waals surface area contributed by atoms with Crippen molar-refractivity contribution in [2.24, 2.45) is 0 Å². The van der Waals surface area contributed by atoms with Crippen LogP contribution in [0.1, 0.15) is 12.7 Å². The lowest BCUT2D eigenvalue weighted by molar-refractivity contribution is -0.121. The van der Waals surface area contributed by atoms with Crippen LogP contribution >= 0.6 is 0 Å². The zero-order chi connectivity index (χ0) is 20.2. The molecular formula is C21H23N5O3. The Kier molecular flexibility index (Phi) is 5.33. The Morgan fingerprint density at radius 2 is 1.97 bits per heavy atom. The fourth-order valence-corrected chi connectivity index (χ4v) is 3.36. The topological polar surface area (TPSA) is 90.6 Å². The molecule has 8 nitrogen and oxygen atoms in total. The number of aromatic nitrogens is 2. The second-order valence-corrected chi connectivity index (χ2v) is 6.76. The highest BCUT2D eigenvalue weighted by Crippen LogP contribution is 2.23. The Balaban J connectivity index is 1.31. The number of hydrogen-bond donors (Lipinski definition) is 2. The molecule has 0 unspecified atom stereocenters. The van der Waals surface area contributed by atoms with Gasteiger partial charge in [0.2, 0.25) is 5.91 Å². The molecule has 0 saturated carbocycles. The predicted molar refractivity (Wildman–Crippen MR) is 110 cm³/mol. The van der Waals surface area contributed by atoms with Gasteiger partial charge >= 0.3 is 6.03 Å². The summed E-state index contributed by atoms with van der Waals surface area (Å²) in [5.74, 6) is 1.24. The Bertz CT molecular complexity index is 982. The highest BCUT2D eigenvalue weighted by Gasteiger charge is 2.30. The maximum absolute atomic E-state index is 12.7. The van der Waals surface area contributed by atoms with Crippen LogP contribution in [-0.2, 0) is 11.3 Å². The first-order valence-electron chi connectivity index (χ1n) is 9.63. The highest BCUT2D eigenvalue weighted by atomic mass is 16.5. The number of benzene rings is 2. The molecule has 8 heteroatoms. The first-order chi connectivity index (χ1) is 14.1. The van der Waals surface area contributed by atoms with Gasteiger partial charge in [0.15, 0.2) is 0 Å². The molecule has 3 amide bonds. The van der Waals surface area contributed by atoms with E-state index in [-0.39, 0.29) is 25.0 Å². The Labute approximate surface area is 168 Å². The van der Waals surface area contributed by atoms with E-state index in [1.54, 1.807) is 9.80 Å². The maximum Gasteiger partial charge on any atom is 0.325 e. The van der Waals surface area contributed by atoms with E-state index in [2.05, 4.69) is 15.3 Å². The van der Waals surface area contributed by atoms with Gasteiger partial charge in [-0.25, -0.2) is 9.78 Å². The number of anilines is 1. The van der Waals surface area contributed by atoms with Crippen molar-refractivity contribution in [1.29, 1.82) is 0 Å². The first-order valence-corrected chi connectivity index (χ1v) is 9.63. The zero-order valence-electron chi connectivity index (χ0n) is 16.2. The van der Waals surface area contributed by atoms with Crippen LogP contribution in [0.5, 0.6) is 5.75 Å². The number of fused-ring (bicyclic) bond motifs is 1. The Hall–Kier alpha value is -3.55. The van der Waals surface area contributed by atoms with E-state index in [1.807, 2.05) is 55.5 Å². The van der Waals surface area contributed by atoms with Crippen LogP contribution in [0.4, 0.5) is 10.5 Å². The second-order valence-electron chi connectivity index (χ2n) is 6.76. The number of carbonyl (C=O) groups is 2. The summed E-state index contributed by atoms with van der Waals surface area (Å²) in [6, 6.07) is 14.9. The van der Waals surface area contributed by atoms with Crippen LogP contribution in [0.25, 0.3) is 11.0 Å². The molecule has 2 N–H and O–H groups in total. The molecule has 150 valence electrons. The summed E-state index contributed by atoms with van der Waals surface area (Å²) < 4.78 is 5.43. The van der Waals surface area contributed by atoms with Gasteiger partial charge in [0, 0.05) is 18.8 Å². The quantitative estimate of drug-likeness (QED) is 0.645. The molecule has 0 aliphatic carbocycles. The van der Waals surface area contributed by atoms with E-state index in [1.165, 1.54) is 0 Å². The first kappa shape index (κ1) is 18.8. The Morgan fingerprint density at radius 1 is 1.17 bits per heavy atom. The number of amides is 3. The summed E-state index contributed by atoms with van der Waals surface area (Å²) in [5.41, 5.74) is 2.58. The predicted octanol–water partition coefficient (Wildman–Crippen LogP) is 2.52. The molecule has 1 aromatic heterocycles. The molecule has 0 spiro atoms. The molecule has 29 heavy (non-hydrogen) atoms. The number of imidazole rings is 1. The third kappa shape index (κ3) is 4.16. The van der Waals surface area contributed by atoms with E-state index in [0.717, 1.165) is 22.5 Å². The van der Waals surface area contributed by atoms with Crippen molar-refractivity contribution in [1.82, 2.24) is 20.2 Å². The number of nitrogens with zero attached hydrogens (tertiary/aromatic N) is 3. The number of carbonyl (C=O) groups excluding carboxylic acids is 2. The highest BCUT2D eigenvalue weighted by molar-refractivity contribution is 5.96. The Morgan fingerprint density at radius 3 is 2.72 bits per heavy atom. The van der Waals surface area contributed by atoms with Gasteiger partial charge in [-0.2, -0.15) is 0 Å². The molecule has 2 heterocycles. The van der Waals surface area contributed by atoms with Crippen molar-refractivity contribution in [2.45, 2.75) is 13.5 Å². The van der Waals surface area contributed by atoms with Gasteiger partial charge < -0.3 is 19.9 Å². The minimum atomic E-state index is -0.215. The summed E-state index contributed by atoms with van der Waals surface area (Å²) in [4.78, 5) is 35.8. The van der Waals surface area contributed by atoms with E-state index >= 15 is 0 Å². The molecular weight excluding hydrogens is 370 g/mol. The van der Waals surface area contributed by atoms with Gasteiger partial charge in [-0.3, -0.25) is 9.69 Å². The number of aromatic amines is 1. The van der Waals surface area contributed by atoms with E-state index in [0.29, 0.717) is 25.5 Å². The summed E-state index contributed by atoms with van der Waals surface area (Å²) in [5, 5.41) is 2.82. The minimum Gasteiger partial charge on any atom is -0.494 e. The molecule has 1 aliphatic heterocycles. The van der Waals surface area contributed by atoms with Crippen LogP contribution in [0, 0.1) is 0 Å². The van der Waals surface area contributed by atoms with Crippen molar-refractivity contribution in [3.63, 3.8) is 0 Å². The number of H-pyrrole nitrogens is 1.